The average molecular weight is 470 g/mol. The molecule has 1 amide bonds. The summed E-state index contributed by atoms with van der Waals surface area (Å²) in [5.41, 5.74) is 1.52. The summed E-state index contributed by atoms with van der Waals surface area (Å²) in [7, 11) is -2.42. The second-order valence-electron chi connectivity index (χ2n) is 6.08. The molecule has 1 heterocycles. The number of carbonyl (C=O) groups is 1. The Hall–Kier alpha value is -2.07. The lowest BCUT2D eigenvalue weighted by molar-refractivity contribution is -0.122. The Balaban J connectivity index is 1.89. The van der Waals surface area contributed by atoms with E-state index < -0.39 is 10.1 Å². The molecule has 0 aromatic heterocycles. The third-order valence-corrected chi connectivity index (χ3v) is 5.97. The highest BCUT2D eigenvalue weighted by atomic mass is 35.5. The summed E-state index contributed by atoms with van der Waals surface area (Å²) >= 11 is 12.7. The van der Waals surface area contributed by atoms with Crippen molar-refractivity contribution in [1.29, 1.82) is 0 Å². The van der Waals surface area contributed by atoms with Gasteiger partial charge in [0.05, 0.1) is 29.8 Å². The van der Waals surface area contributed by atoms with Gasteiger partial charge in [0.25, 0.3) is 5.91 Å². The number of ether oxygens (including phenoxy) is 1. The summed E-state index contributed by atoms with van der Waals surface area (Å²) in [5.74, 6) is -0.185. The Kier molecular flexibility index (Phi) is 6.52. The highest BCUT2D eigenvalue weighted by Crippen LogP contribution is 2.39. The summed E-state index contributed by atoms with van der Waals surface area (Å²) in [4.78, 5) is 14.8. The van der Waals surface area contributed by atoms with Crippen molar-refractivity contribution in [3.05, 3.63) is 63.5 Å². The summed E-state index contributed by atoms with van der Waals surface area (Å²) in [6.45, 7) is 0.383. The van der Waals surface area contributed by atoms with Crippen molar-refractivity contribution < 1.29 is 22.1 Å². The van der Waals surface area contributed by atoms with Crippen molar-refractivity contribution >= 4 is 62.0 Å². The molecule has 0 saturated carbocycles. The molecule has 1 fully saturated rings. The van der Waals surface area contributed by atoms with E-state index in [1.54, 1.807) is 6.08 Å². The van der Waals surface area contributed by atoms with Gasteiger partial charge in [-0.15, -0.1) is 0 Å². The predicted molar refractivity (Wildman–Crippen MR) is 119 cm³/mol. The first-order valence-electron chi connectivity index (χ1n) is 8.24. The molecule has 1 saturated heterocycles. The maximum absolute atomic E-state index is 12.8. The van der Waals surface area contributed by atoms with Crippen molar-refractivity contribution in [2.75, 3.05) is 13.4 Å². The van der Waals surface area contributed by atoms with Gasteiger partial charge in [-0.25, -0.2) is 0 Å². The highest BCUT2D eigenvalue weighted by molar-refractivity contribution is 8.26. The van der Waals surface area contributed by atoms with Crippen LogP contribution in [0.2, 0.25) is 5.02 Å². The van der Waals surface area contributed by atoms with Crippen molar-refractivity contribution in [1.82, 2.24) is 4.90 Å². The minimum absolute atomic E-state index is 0.0424. The van der Waals surface area contributed by atoms with E-state index in [1.165, 1.54) is 35.9 Å². The van der Waals surface area contributed by atoms with Crippen LogP contribution >= 0.6 is 35.6 Å². The quantitative estimate of drug-likeness (QED) is 0.358. The van der Waals surface area contributed by atoms with E-state index in [-0.39, 0.29) is 22.4 Å². The lowest BCUT2D eigenvalue weighted by atomic mass is 10.1. The van der Waals surface area contributed by atoms with Crippen LogP contribution in [-0.4, -0.2) is 36.9 Å². The first-order chi connectivity index (χ1) is 13.7. The Morgan fingerprint density at radius 3 is 2.55 bits per heavy atom. The van der Waals surface area contributed by atoms with Crippen LogP contribution in [0.5, 0.6) is 11.5 Å². The second-order valence-corrected chi connectivity index (χ2v) is 9.73. The smallest absolute Gasteiger partial charge is 0.306 e. The SMILES string of the molecule is COc1cc(/C=C2/SC(=S)N(Cc3ccccc3)C2=O)cc(Cl)c1OS(C)(=O)=O. The molecule has 10 heteroatoms. The molecule has 6 nitrogen and oxygen atoms in total. The molecule has 3 rings (SSSR count). The number of hydrogen-bond donors (Lipinski definition) is 0. The van der Waals surface area contributed by atoms with E-state index in [0.29, 0.717) is 21.3 Å². The molecule has 2 aromatic rings. The molecule has 1 aliphatic rings. The maximum atomic E-state index is 12.8. The number of rotatable bonds is 6. The van der Waals surface area contributed by atoms with Crippen molar-refractivity contribution in [2.45, 2.75) is 6.54 Å². The Bertz CT molecular complexity index is 1100. The van der Waals surface area contributed by atoms with Crippen LogP contribution in [0.4, 0.5) is 0 Å². The van der Waals surface area contributed by atoms with Gasteiger partial charge in [0.1, 0.15) is 4.32 Å². The molecule has 0 atom stereocenters. The van der Waals surface area contributed by atoms with Crippen molar-refractivity contribution in [3.8, 4) is 11.5 Å². The molecule has 1 aliphatic heterocycles. The summed E-state index contributed by atoms with van der Waals surface area (Å²) < 4.78 is 33.4. The summed E-state index contributed by atoms with van der Waals surface area (Å²) in [6, 6.07) is 12.6. The molecule has 0 bridgehead atoms. The van der Waals surface area contributed by atoms with Gasteiger partial charge in [0, 0.05) is 0 Å². The molecule has 0 aliphatic carbocycles. The van der Waals surface area contributed by atoms with Crippen LogP contribution in [0.1, 0.15) is 11.1 Å². The Morgan fingerprint density at radius 2 is 1.93 bits per heavy atom. The van der Waals surface area contributed by atoms with Crippen LogP contribution in [0, 0.1) is 0 Å². The van der Waals surface area contributed by atoms with Gasteiger partial charge in [-0.3, -0.25) is 9.69 Å². The number of hydrogen-bond acceptors (Lipinski definition) is 7. The number of thioether (sulfide) groups is 1. The largest absolute Gasteiger partial charge is 0.493 e. The molecule has 0 unspecified atom stereocenters. The van der Waals surface area contributed by atoms with Crippen LogP contribution in [-0.2, 0) is 21.5 Å². The third kappa shape index (κ3) is 5.30. The topological polar surface area (TPSA) is 72.9 Å². The molecule has 0 radical (unpaired) electrons. The summed E-state index contributed by atoms with van der Waals surface area (Å²) in [6.07, 6.45) is 2.54. The van der Waals surface area contributed by atoms with Crippen LogP contribution in [0.25, 0.3) is 6.08 Å². The molecule has 2 aromatic carbocycles. The van der Waals surface area contributed by atoms with Gasteiger partial charge >= 0.3 is 10.1 Å². The van der Waals surface area contributed by atoms with Gasteiger partial charge in [-0.2, -0.15) is 8.42 Å². The standard InChI is InChI=1S/C19H16ClNO5S3/c1-25-15-9-13(8-14(20)17(15)26-29(2,23)24)10-16-18(22)21(19(27)28-16)11-12-6-4-3-5-7-12/h3-10H,11H2,1-2H3/b16-10+. The van der Waals surface area contributed by atoms with E-state index in [1.807, 2.05) is 30.3 Å². The predicted octanol–water partition coefficient (Wildman–Crippen LogP) is 4.09. The monoisotopic (exact) mass is 469 g/mol. The number of nitrogens with zero attached hydrogens (tertiary/aromatic N) is 1. The number of methoxy groups -OCH3 is 1. The molecular weight excluding hydrogens is 454 g/mol. The number of halogens is 1. The average Bonchev–Trinajstić information content (AvgIpc) is 2.91. The molecule has 29 heavy (non-hydrogen) atoms. The van der Waals surface area contributed by atoms with Gasteiger partial charge < -0.3 is 8.92 Å². The molecule has 152 valence electrons. The fourth-order valence-electron chi connectivity index (χ4n) is 2.61. The maximum Gasteiger partial charge on any atom is 0.306 e. The van der Waals surface area contributed by atoms with Crippen molar-refractivity contribution in [3.63, 3.8) is 0 Å². The molecule has 0 spiro atoms. The molecule has 0 N–H and O–H groups in total. The van der Waals surface area contributed by atoms with E-state index >= 15 is 0 Å². The number of carbonyl (C=O) groups excluding carboxylic acids is 1. The minimum Gasteiger partial charge on any atom is -0.493 e. The van der Waals surface area contributed by atoms with E-state index in [4.69, 9.17) is 32.7 Å². The zero-order valence-electron chi connectivity index (χ0n) is 15.4. The lowest BCUT2D eigenvalue weighted by Gasteiger charge is -2.14. The zero-order valence-corrected chi connectivity index (χ0v) is 18.6. The number of thiocarbonyl (C=S) groups is 1. The van der Waals surface area contributed by atoms with E-state index in [0.717, 1.165) is 11.8 Å². The Morgan fingerprint density at radius 1 is 1.24 bits per heavy atom. The van der Waals surface area contributed by atoms with Crippen LogP contribution in [0.15, 0.2) is 47.4 Å². The van der Waals surface area contributed by atoms with E-state index in [9.17, 15) is 13.2 Å². The Labute approximate surface area is 183 Å². The second kappa shape index (κ2) is 8.74. The van der Waals surface area contributed by atoms with Crippen LogP contribution in [0.3, 0.4) is 0 Å². The normalized spacial score (nSPS) is 15.8. The van der Waals surface area contributed by atoms with Gasteiger partial charge in [0.15, 0.2) is 5.75 Å². The van der Waals surface area contributed by atoms with Gasteiger partial charge in [-0.05, 0) is 29.3 Å². The summed E-state index contributed by atoms with van der Waals surface area (Å²) in [5, 5.41) is 0.0424. The lowest BCUT2D eigenvalue weighted by Crippen LogP contribution is -2.27. The van der Waals surface area contributed by atoms with Crippen LogP contribution < -0.4 is 8.92 Å². The minimum atomic E-state index is -3.78. The fourth-order valence-corrected chi connectivity index (χ4v) is 4.64. The van der Waals surface area contributed by atoms with Gasteiger partial charge in [0.2, 0.25) is 5.75 Å². The van der Waals surface area contributed by atoms with E-state index in [2.05, 4.69) is 0 Å². The first kappa shape index (κ1) is 21.6. The zero-order chi connectivity index (χ0) is 21.2. The number of amides is 1. The van der Waals surface area contributed by atoms with Crippen molar-refractivity contribution in [2.24, 2.45) is 0 Å². The fraction of sp³-hybridized carbons (Fsp3) is 0.158. The third-order valence-electron chi connectivity index (χ3n) is 3.84. The molecular formula is C19H16ClNO5S3. The highest BCUT2D eigenvalue weighted by Gasteiger charge is 2.32. The van der Waals surface area contributed by atoms with Gasteiger partial charge in [-0.1, -0.05) is 65.9 Å². The number of benzene rings is 2. The first-order valence-corrected chi connectivity index (χ1v) is 11.7.